The third kappa shape index (κ3) is 8.17. The average Bonchev–Trinajstić information content (AvgIpc) is 2.72. The Morgan fingerprint density at radius 2 is 0.800 bits per heavy atom. The summed E-state index contributed by atoms with van der Waals surface area (Å²) in [7, 11) is -1.14. The zero-order chi connectivity index (χ0) is 25.7. The molecule has 0 N–H and O–H groups in total. The van der Waals surface area contributed by atoms with Gasteiger partial charge in [0.05, 0.1) is 0 Å². The molecule has 0 unspecified atom stereocenters. The van der Waals surface area contributed by atoms with Crippen LogP contribution in [0.15, 0.2) is 36.4 Å². The molecule has 3 nitrogen and oxygen atoms in total. The summed E-state index contributed by atoms with van der Waals surface area (Å²) < 4.78 is 2.51. The van der Waals surface area contributed by atoms with Crippen molar-refractivity contribution >= 4 is 47.0 Å². The molecule has 0 saturated carbocycles. The Labute approximate surface area is 241 Å². The van der Waals surface area contributed by atoms with Crippen LogP contribution in [0.4, 0.5) is 11.4 Å². The minimum Gasteiger partial charge on any atom is -0.661 e. The van der Waals surface area contributed by atoms with E-state index in [1.54, 1.807) is 0 Å². The Balaban J connectivity index is 0. The number of nitrogens with zero attached hydrogens (tertiary/aromatic N) is 3. The van der Waals surface area contributed by atoms with Crippen molar-refractivity contribution in [1.29, 1.82) is 0 Å². The summed E-state index contributed by atoms with van der Waals surface area (Å²) in [5.41, 5.74) is 7.60. The predicted molar refractivity (Wildman–Crippen MR) is 164 cm³/mol. The van der Waals surface area contributed by atoms with Crippen LogP contribution in [0.25, 0.3) is 10.2 Å². The molecule has 0 saturated heterocycles. The molecule has 0 atom stereocenters. The van der Waals surface area contributed by atoms with Gasteiger partial charge in [0.25, 0.3) is 0 Å². The second-order valence-corrected chi connectivity index (χ2v) is 12.6. The van der Waals surface area contributed by atoms with Gasteiger partial charge in [-0.1, -0.05) is 114 Å². The van der Waals surface area contributed by atoms with E-state index in [0.29, 0.717) is 35.8 Å². The molecule has 2 radical (unpaired) electrons. The fraction of sp³-hybridized carbons (Fsp3) is 0.600. The number of hydrogen-bond acceptors (Lipinski definition) is 1. The van der Waals surface area contributed by atoms with Gasteiger partial charge in [-0.25, -0.2) is 8.37 Å². The standard InChI is InChI=1S/C30H48N3P.Pb.2H2/c1-19(2)25-15-13-16-26(20(3)4)29(25)31-34(33(23(9)10)24(11)12)32-30-27(21(5)6)17-14-18-28(30)22(7)8;;;/h13-24H,1-12H3;;2*1H/q-2;+2;;. The van der Waals surface area contributed by atoms with E-state index in [0.717, 1.165) is 11.4 Å². The zero-order valence-electron chi connectivity index (χ0n) is 24.2. The van der Waals surface area contributed by atoms with Gasteiger partial charge in [0.15, 0.2) is 0 Å². The molecule has 0 heterocycles. The summed E-state index contributed by atoms with van der Waals surface area (Å²) in [4.78, 5) is 0. The van der Waals surface area contributed by atoms with Gasteiger partial charge in [-0.3, -0.25) is 0 Å². The van der Waals surface area contributed by atoms with E-state index >= 15 is 0 Å². The first-order valence-electron chi connectivity index (χ1n) is 13.1. The maximum Gasteiger partial charge on any atom is 2.00 e. The molecule has 0 spiro atoms. The molecule has 0 aliphatic carbocycles. The van der Waals surface area contributed by atoms with E-state index in [-0.39, 0.29) is 30.2 Å². The molecule has 196 valence electrons. The zero-order valence-corrected chi connectivity index (χ0v) is 29.0. The van der Waals surface area contributed by atoms with Gasteiger partial charge in [-0.05, 0) is 51.4 Å². The summed E-state index contributed by atoms with van der Waals surface area (Å²) in [6.07, 6.45) is 0. The first-order chi connectivity index (χ1) is 15.9. The Kier molecular flexibility index (Phi) is 13.3. The topological polar surface area (TPSA) is 31.4 Å². The maximum atomic E-state index is 5.56. The van der Waals surface area contributed by atoms with Crippen molar-refractivity contribution in [2.24, 2.45) is 0 Å². The Bertz CT molecular complexity index is 807. The van der Waals surface area contributed by atoms with Crippen LogP contribution < -0.4 is 0 Å². The molecule has 5 heteroatoms. The largest absolute Gasteiger partial charge is 2.00 e. The van der Waals surface area contributed by atoms with Crippen LogP contribution in [0.1, 0.15) is 132 Å². The molecule has 35 heavy (non-hydrogen) atoms. The number of rotatable bonds is 11. The molecule has 0 aromatic heterocycles. The van der Waals surface area contributed by atoms with Crippen molar-refractivity contribution in [3.63, 3.8) is 0 Å². The monoisotopic (exact) mass is 693 g/mol. The molecule has 2 aromatic rings. The first kappa shape index (κ1) is 32.4. The molecule has 2 rings (SSSR count). The molecule has 0 aliphatic heterocycles. The molecular formula is C30H52N3PPb. The fourth-order valence-corrected chi connectivity index (χ4v) is 6.47. The van der Waals surface area contributed by atoms with Crippen LogP contribution in [0.3, 0.4) is 0 Å². The van der Waals surface area contributed by atoms with Gasteiger partial charge in [-0.15, -0.1) is 11.4 Å². The molecular weight excluding hydrogens is 641 g/mol. The van der Waals surface area contributed by atoms with Crippen molar-refractivity contribution in [1.82, 2.24) is 4.67 Å². The second-order valence-electron chi connectivity index (χ2n) is 11.2. The first-order valence-corrected chi connectivity index (χ1v) is 14.3. The van der Waals surface area contributed by atoms with Gasteiger partial charge in [0.1, 0.15) is 0 Å². The van der Waals surface area contributed by atoms with Gasteiger partial charge < -0.3 is 14.8 Å². The van der Waals surface area contributed by atoms with E-state index in [9.17, 15) is 0 Å². The number of benzene rings is 2. The third-order valence-corrected chi connectivity index (χ3v) is 8.42. The minimum absolute atomic E-state index is 0. The Morgan fingerprint density at radius 1 is 0.543 bits per heavy atom. The van der Waals surface area contributed by atoms with Crippen molar-refractivity contribution in [3.8, 4) is 0 Å². The Hall–Kier alpha value is -0.648. The van der Waals surface area contributed by atoms with Crippen LogP contribution in [-0.4, -0.2) is 44.1 Å². The van der Waals surface area contributed by atoms with Crippen LogP contribution in [0.2, 0.25) is 0 Å². The van der Waals surface area contributed by atoms with Crippen molar-refractivity contribution in [2.75, 3.05) is 0 Å². The van der Waals surface area contributed by atoms with Crippen LogP contribution >= 0.6 is 8.37 Å². The predicted octanol–water partition coefficient (Wildman–Crippen LogP) is 11.3. The molecule has 0 fully saturated rings. The van der Waals surface area contributed by atoms with Crippen molar-refractivity contribution in [2.45, 2.75) is 119 Å². The minimum atomic E-state index is -1.14. The summed E-state index contributed by atoms with van der Waals surface area (Å²) in [5, 5.41) is 11.1. The number of hydrogen-bond donors (Lipinski definition) is 0. The van der Waals surface area contributed by atoms with E-state index in [1.807, 2.05) is 0 Å². The SMILES string of the molecule is CC(C)c1cccc(C(C)C)c1[N-]P([N-]c1c(C(C)C)cccc1C(C)C)N(C(C)C)C(C)C.[HH].[HH].[Pb+2]. The summed E-state index contributed by atoms with van der Waals surface area (Å²) in [5.74, 6) is 1.65. The van der Waals surface area contributed by atoms with Gasteiger partial charge in [0.2, 0.25) is 0 Å². The smallest absolute Gasteiger partial charge is 0.661 e. The van der Waals surface area contributed by atoms with E-state index in [2.05, 4.69) is 124 Å². The van der Waals surface area contributed by atoms with Gasteiger partial charge in [0, 0.05) is 14.9 Å². The fourth-order valence-electron chi connectivity index (χ4n) is 4.57. The Morgan fingerprint density at radius 3 is 1.00 bits per heavy atom. The molecule has 0 bridgehead atoms. The summed E-state index contributed by atoms with van der Waals surface area (Å²) >= 11 is 0. The van der Waals surface area contributed by atoms with E-state index < -0.39 is 8.37 Å². The van der Waals surface area contributed by atoms with Gasteiger partial charge >= 0.3 is 27.3 Å². The normalized spacial score (nSPS) is 12.1. The van der Waals surface area contributed by atoms with Crippen LogP contribution in [-0.2, 0) is 0 Å². The van der Waals surface area contributed by atoms with Crippen molar-refractivity contribution < 1.29 is 2.85 Å². The second kappa shape index (κ2) is 14.3. The molecule has 0 amide bonds. The summed E-state index contributed by atoms with van der Waals surface area (Å²) in [6.45, 7) is 27.2. The maximum absolute atomic E-state index is 5.56. The van der Waals surface area contributed by atoms with E-state index in [1.165, 1.54) is 22.3 Å². The molecule has 2 aromatic carbocycles. The molecule has 0 aliphatic rings. The average molecular weight is 693 g/mol. The van der Waals surface area contributed by atoms with Crippen LogP contribution in [0, 0.1) is 0 Å². The van der Waals surface area contributed by atoms with E-state index in [4.69, 9.17) is 10.2 Å². The summed E-state index contributed by atoms with van der Waals surface area (Å²) in [6, 6.07) is 14.1. The van der Waals surface area contributed by atoms with Crippen LogP contribution in [0.5, 0.6) is 0 Å². The van der Waals surface area contributed by atoms with Crippen molar-refractivity contribution in [3.05, 3.63) is 68.8 Å². The third-order valence-electron chi connectivity index (χ3n) is 6.33. The quantitative estimate of drug-likeness (QED) is 0.170. The van der Waals surface area contributed by atoms with Gasteiger partial charge in [-0.2, -0.15) is 0 Å².